The molecule has 0 unspecified atom stereocenters. The number of nitrogens with zero attached hydrogens (tertiary/aromatic N) is 1. The Bertz CT molecular complexity index is 542. The van der Waals surface area contributed by atoms with Crippen molar-refractivity contribution in [1.82, 2.24) is 4.72 Å². The standard InChI is InChI=1S/C12H14N2O2S/c1-2-3-4-8-14-17(15,16)12-7-5-6-11(9-12)10-13/h2-3,5-7,9,14H,4,8H2,1H3/b3-2+. The van der Waals surface area contributed by atoms with Crippen molar-refractivity contribution in [1.29, 1.82) is 5.26 Å². The van der Waals surface area contributed by atoms with Crippen LogP contribution < -0.4 is 4.72 Å². The molecule has 0 aliphatic heterocycles. The van der Waals surface area contributed by atoms with Gasteiger partial charge in [0, 0.05) is 6.54 Å². The Morgan fingerprint density at radius 1 is 1.47 bits per heavy atom. The molecule has 0 saturated carbocycles. The summed E-state index contributed by atoms with van der Waals surface area (Å²) < 4.78 is 26.1. The van der Waals surface area contributed by atoms with Crippen LogP contribution in [0.5, 0.6) is 0 Å². The maximum absolute atomic E-state index is 11.8. The highest BCUT2D eigenvalue weighted by Crippen LogP contribution is 2.10. The summed E-state index contributed by atoms with van der Waals surface area (Å²) in [5.74, 6) is 0. The van der Waals surface area contributed by atoms with Crippen molar-refractivity contribution in [3.63, 3.8) is 0 Å². The molecular formula is C12H14N2O2S. The maximum atomic E-state index is 11.8. The second kappa shape index (κ2) is 6.18. The number of sulfonamides is 1. The predicted octanol–water partition coefficient (Wildman–Crippen LogP) is 1.80. The van der Waals surface area contributed by atoms with Crippen LogP contribution in [-0.4, -0.2) is 15.0 Å². The van der Waals surface area contributed by atoms with Crippen molar-refractivity contribution in [2.24, 2.45) is 0 Å². The zero-order valence-electron chi connectivity index (χ0n) is 9.55. The minimum atomic E-state index is -3.51. The van der Waals surface area contributed by atoms with E-state index in [2.05, 4.69) is 4.72 Å². The summed E-state index contributed by atoms with van der Waals surface area (Å²) in [7, 11) is -3.51. The van der Waals surface area contributed by atoms with Crippen LogP contribution >= 0.6 is 0 Å². The van der Waals surface area contributed by atoms with E-state index < -0.39 is 10.0 Å². The number of hydrogen-bond donors (Lipinski definition) is 1. The van der Waals surface area contributed by atoms with Gasteiger partial charge in [-0.3, -0.25) is 0 Å². The van der Waals surface area contributed by atoms with E-state index in [9.17, 15) is 8.42 Å². The van der Waals surface area contributed by atoms with Gasteiger partial charge in [-0.15, -0.1) is 0 Å². The van der Waals surface area contributed by atoms with Crippen molar-refractivity contribution in [2.75, 3.05) is 6.54 Å². The molecule has 0 bridgehead atoms. The number of hydrogen-bond acceptors (Lipinski definition) is 3. The highest BCUT2D eigenvalue weighted by Gasteiger charge is 2.12. The van der Waals surface area contributed by atoms with Crippen LogP contribution in [0.4, 0.5) is 0 Å². The molecule has 0 atom stereocenters. The molecule has 0 radical (unpaired) electrons. The quantitative estimate of drug-likeness (QED) is 0.640. The smallest absolute Gasteiger partial charge is 0.211 e. The van der Waals surface area contributed by atoms with E-state index in [1.165, 1.54) is 12.1 Å². The fourth-order valence-corrected chi connectivity index (χ4v) is 2.35. The number of nitrogens with one attached hydrogen (secondary N) is 1. The molecule has 0 saturated heterocycles. The normalized spacial score (nSPS) is 11.5. The van der Waals surface area contributed by atoms with Crippen LogP contribution in [0.25, 0.3) is 0 Å². The minimum Gasteiger partial charge on any atom is -0.211 e. The van der Waals surface area contributed by atoms with Gasteiger partial charge < -0.3 is 0 Å². The van der Waals surface area contributed by atoms with E-state index in [0.717, 1.165) is 0 Å². The van der Waals surface area contributed by atoms with Gasteiger partial charge in [-0.2, -0.15) is 5.26 Å². The Hall–Kier alpha value is -1.64. The van der Waals surface area contributed by atoms with Crippen LogP contribution in [0, 0.1) is 11.3 Å². The molecule has 0 aromatic heterocycles. The first-order valence-electron chi connectivity index (χ1n) is 5.21. The van der Waals surface area contributed by atoms with Crippen molar-refractivity contribution >= 4 is 10.0 Å². The van der Waals surface area contributed by atoms with Crippen LogP contribution in [0.1, 0.15) is 18.9 Å². The Balaban J connectivity index is 2.79. The molecule has 17 heavy (non-hydrogen) atoms. The number of nitriles is 1. The van der Waals surface area contributed by atoms with E-state index in [0.29, 0.717) is 18.5 Å². The molecular weight excluding hydrogens is 236 g/mol. The number of benzene rings is 1. The van der Waals surface area contributed by atoms with E-state index in [1.54, 1.807) is 12.1 Å². The van der Waals surface area contributed by atoms with Gasteiger partial charge in [0.15, 0.2) is 0 Å². The van der Waals surface area contributed by atoms with Crippen molar-refractivity contribution in [2.45, 2.75) is 18.2 Å². The van der Waals surface area contributed by atoms with Crippen LogP contribution in [0.3, 0.4) is 0 Å². The van der Waals surface area contributed by atoms with Gasteiger partial charge in [0.25, 0.3) is 0 Å². The third-order valence-corrected chi connectivity index (χ3v) is 3.57. The molecule has 0 aliphatic rings. The minimum absolute atomic E-state index is 0.122. The summed E-state index contributed by atoms with van der Waals surface area (Å²) in [6, 6.07) is 7.87. The summed E-state index contributed by atoms with van der Waals surface area (Å²) in [5.41, 5.74) is 0.335. The average molecular weight is 250 g/mol. The SMILES string of the molecule is C/C=C/CCNS(=O)(=O)c1cccc(C#N)c1. The number of allylic oxidation sites excluding steroid dienone is 1. The molecule has 1 aromatic rings. The third kappa shape index (κ3) is 4.02. The molecule has 0 heterocycles. The van der Waals surface area contributed by atoms with E-state index in [1.807, 2.05) is 25.1 Å². The summed E-state index contributed by atoms with van der Waals surface area (Å²) in [5, 5.41) is 8.70. The predicted molar refractivity (Wildman–Crippen MR) is 65.8 cm³/mol. The van der Waals surface area contributed by atoms with E-state index in [4.69, 9.17) is 5.26 Å². The van der Waals surface area contributed by atoms with Gasteiger partial charge in [-0.05, 0) is 31.5 Å². The lowest BCUT2D eigenvalue weighted by molar-refractivity contribution is 0.582. The monoisotopic (exact) mass is 250 g/mol. The highest BCUT2D eigenvalue weighted by molar-refractivity contribution is 7.89. The lowest BCUT2D eigenvalue weighted by atomic mass is 10.2. The summed E-state index contributed by atoms with van der Waals surface area (Å²) in [6.07, 6.45) is 4.40. The van der Waals surface area contributed by atoms with E-state index in [-0.39, 0.29) is 4.90 Å². The Morgan fingerprint density at radius 3 is 2.88 bits per heavy atom. The average Bonchev–Trinajstić information content (AvgIpc) is 2.35. The third-order valence-electron chi connectivity index (χ3n) is 2.11. The van der Waals surface area contributed by atoms with Crippen molar-refractivity contribution in [3.8, 4) is 6.07 Å². The Morgan fingerprint density at radius 2 is 2.24 bits per heavy atom. The van der Waals surface area contributed by atoms with Gasteiger partial charge in [-0.1, -0.05) is 18.2 Å². The zero-order chi connectivity index (χ0) is 12.7. The lowest BCUT2D eigenvalue weighted by Gasteiger charge is -2.05. The fraction of sp³-hybridized carbons (Fsp3) is 0.250. The zero-order valence-corrected chi connectivity index (χ0v) is 10.4. The second-order valence-electron chi connectivity index (χ2n) is 3.40. The highest BCUT2D eigenvalue weighted by atomic mass is 32.2. The van der Waals surface area contributed by atoms with Gasteiger partial charge in [-0.25, -0.2) is 13.1 Å². The van der Waals surface area contributed by atoms with Gasteiger partial charge in [0.05, 0.1) is 16.5 Å². The Kier molecular flexibility index (Phi) is 4.88. The molecule has 90 valence electrons. The molecule has 0 amide bonds. The first-order chi connectivity index (χ1) is 8.10. The molecule has 0 fully saturated rings. The molecule has 1 aromatic carbocycles. The topological polar surface area (TPSA) is 70.0 Å². The summed E-state index contributed by atoms with van der Waals surface area (Å²) in [6.45, 7) is 2.23. The van der Waals surface area contributed by atoms with Crippen molar-refractivity contribution in [3.05, 3.63) is 42.0 Å². The van der Waals surface area contributed by atoms with Crippen LogP contribution in [0.2, 0.25) is 0 Å². The Labute approximate surface area is 102 Å². The maximum Gasteiger partial charge on any atom is 0.240 e. The summed E-state index contributed by atoms with van der Waals surface area (Å²) >= 11 is 0. The molecule has 4 nitrogen and oxygen atoms in total. The van der Waals surface area contributed by atoms with Gasteiger partial charge in [0.1, 0.15) is 0 Å². The number of rotatable bonds is 5. The lowest BCUT2D eigenvalue weighted by Crippen LogP contribution is -2.24. The molecule has 5 heteroatoms. The van der Waals surface area contributed by atoms with Crippen molar-refractivity contribution < 1.29 is 8.42 Å². The van der Waals surface area contributed by atoms with Gasteiger partial charge >= 0.3 is 0 Å². The molecule has 0 spiro atoms. The summed E-state index contributed by atoms with van der Waals surface area (Å²) in [4.78, 5) is 0.122. The first kappa shape index (κ1) is 13.4. The molecule has 1 N–H and O–H groups in total. The largest absolute Gasteiger partial charge is 0.240 e. The van der Waals surface area contributed by atoms with Crippen LogP contribution in [0.15, 0.2) is 41.3 Å². The molecule has 0 aliphatic carbocycles. The fourth-order valence-electron chi connectivity index (χ4n) is 1.26. The molecule has 1 rings (SSSR count). The first-order valence-corrected chi connectivity index (χ1v) is 6.69. The van der Waals surface area contributed by atoms with E-state index >= 15 is 0 Å². The van der Waals surface area contributed by atoms with Crippen LogP contribution in [-0.2, 0) is 10.0 Å². The second-order valence-corrected chi connectivity index (χ2v) is 5.16. The van der Waals surface area contributed by atoms with Gasteiger partial charge in [0.2, 0.25) is 10.0 Å².